The van der Waals surface area contributed by atoms with Crippen LogP contribution in [0.5, 0.6) is 0 Å². The molecule has 0 N–H and O–H groups in total. The molecule has 0 radical (unpaired) electrons. The van der Waals surface area contributed by atoms with Crippen molar-refractivity contribution < 1.29 is 8.83 Å². The number of benzene rings is 6. The lowest BCUT2D eigenvalue weighted by Gasteiger charge is -2.64. The maximum atomic E-state index is 7.96. The Labute approximate surface area is 540 Å². The van der Waals surface area contributed by atoms with E-state index in [4.69, 9.17) is 8.83 Å². The van der Waals surface area contributed by atoms with Crippen LogP contribution in [0.15, 0.2) is 8.83 Å². The minimum Gasteiger partial charge on any atom is -0.455 e. The summed E-state index contributed by atoms with van der Waals surface area (Å²) in [6, 6.07) is 0. The van der Waals surface area contributed by atoms with Crippen molar-refractivity contribution in [3.05, 3.63) is 122 Å². The van der Waals surface area contributed by atoms with Crippen LogP contribution in [-0.2, 0) is 0 Å². The number of hydrogen-bond donors (Lipinski definition) is 0. The summed E-state index contributed by atoms with van der Waals surface area (Å²) >= 11 is 0. The highest BCUT2D eigenvalue weighted by Gasteiger charge is 2.60. The van der Waals surface area contributed by atoms with E-state index in [1.807, 2.05) is 0 Å². The maximum absolute atomic E-state index is 7.96. The molecule has 4 aliphatic rings. The van der Waals surface area contributed by atoms with E-state index >= 15 is 0 Å². The van der Waals surface area contributed by atoms with Crippen molar-refractivity contribution >= 4 is 54.6 Å². The molecule has 478 valence electrons. The average Bonchev–Trinajstić information content (AvgIpc) is 1.65. The fourth-order valence-electron chi connectivity index (χ4n) is 23.5. The fourth-order valence-corrected chi connectivity index (χ4v) is 23.5. The van der Waals surface area contributed by atoms with Gasteiger partial charge in [0, 0.05) is 32.7 Å². The first-order valence-corrected chi connectivity index (χ1v) is 36.0. The minimum atomic E-state index is 0.302. The van der Waals surface area contributed by atoms with E-state index in [1.165, 1.54) is 168 Å². The molecule has 89 heavy (non-hydrogen) atoms. The number of aryl methyl sites for hydroxylation is 7. The van der Waals surface area contributed by atoms with Gasteiger partial charge >= 0.3 is 0 Å². The van der Waals surface area contributed by atoms with Gasteiger partial charge in [0.1, 0.15) is 22.3 Å². The quantitative estimate of drug-likeness (QED) is 0.172. The second kappa shape index (κ2) is 22.2. The third kappa shape index (κ3) is 8.69. The summed E-state index contributed by atoms with van der Waals surface area (Å²) in [5.41, 5.74) is 38.1. The zero-order chi connectivity index (χ0) is 65.1. The van der Waals surface area contributed by atoms with Gasteiger partial charge in [-0.05, 0) is 403 Å². The molecule has 12 rings (SSSR count). The molecule has 6 aromatic carbocycles. The molecular formula is C87H118O2. The summed E-state index contributed by atoms with van der Waals surface area (Å²) in [5, 5.41) is 8.36. The van der Waals surface area contributed by atoms with Crippen LogP contribution in [0.4, 0.5) is 0 Å². The molecule has 4 saturated carbocycles. The van der Waals surface area contributed by atoms with E-state index in [9.17, 15) is 0 Å². The van der Waals surface area contributed by atoms with Gasteiger partial charge in [0.2, 0.25) is 0 Å². The number of fused-ring (bicyclic) bond motifs is 8. The first-order chi connectivity index (χ1) is 41.6. The van der Waals surface area contributed by atoms with Gasteiger partial charge in [-0.2, -0.15) is 0 Å². The van der Waals surface area contributed by atoms with Gasteiger partial charge in [-0.1, -0.05) is 76.2 Å². The van der Waals surface area contributed by atoms with Crippen molar-refractivity contribution in [1.29, 1.82) is 0 Å². The first-order valence-electron chi connectivity index (χ1n) is 36.0. The Balaban J connectivity index is 1.14. The second-order valence-corrected chi connectivity index (χ2v) is 33.0. The molecule has 0 spiro atoms. The lowest BCUT2D eigenvalue weighted by Crippen LogP contribution is -2.59. The Morgan fingerprint density at radius 1 is 0.202 bits per heavy atom. The maximum Gasteiger partial charge on any atom is 0.143 e. The van der Waals surface area contributed by atoms with Crippen molar-refractivity contribution in [3.8, 4) is 11.1 Å². The minimum absolute atomic E-state index is 0.302. The molecule has 17 unspecified atom stereocenters. The van der Waals surface area contributed by atoms with Crippen LogP contribution < -0.4 is 0 Å². The highest BCUT2D eigenvalue weighted by atomic mass is 16.3. The predicted octanol–water partition coefficient (Wildman–Crippen LogP) is 25.3. The van der Waals surface area contributed by atoms with Crippen LogP contribution in [0, 0.1) is 239 Å². The number of rotatable bonds is 5. The lowest BCUT2D eigenvalue weighted by atomic mass is 9.41. The van der Waals surface area contributed by atoms with Gasteiger partial charge in [0.05, 0.1) is 0 Å². The zero-order valence-electron chi connectivity index (χ0n) is 61.9. The Morgan fingerprint density at radius 2 is 0.483 bits per heavy atom. The van der Waals surface area contributed by atoms with Crippen LogP contribution in [0.3, 0.4) is 0 Å². The van der Waals surface area contributed by atoms with E-state index in [-0.39, 0.29) is 0 Å². The second-order valence-electron chi connectivity index (χ2n) is 33.0. The third-order valence-electron chi connectivity index (χ3n) is 30.6. The summed E-state index contributed by atoms with van der Waals surface area (Å²) in [6.45, 7) is 77.6. The summed E-state index contributed by atoms with van der Waals surface area (Å²) in [7, 11) is 0. The van der Waals surface area contributed by atoms with Gasteiger partial charge < -0.3 is 8.83 Å². The number of hydrogen-bond acceptors (Lipinski definition) is 2. The molecule has 2 heterocycles. The molecule has 2 heteroatoms. The highest BCUT2D eigenvalue weighted by Crippen LogP contribution is 2.66. The largest absolute Gasteiger partial charge is 0.455 e. The SMILES string of the molecule is Cc1c(C)c(C)c(-c2c(C)c(C)c(C3CC(c4c(C)c(C)c(C)c5oc6c(C)c(C)c(C)c(C)c6c45)CC(C4C(C)C(C)C5C(C)C(C6C(C)C(C)C(C)C(C)C6C)C(C)C(C)C5C4C)C3)c3c2oc2c(C)c4c(C)c(C)c(C)c(C)c4c(C)c23)c(C)c1C. The normalized spacial score (nSPS) is 32.0. The average molecular weight is 1200 g/mol. The van der Waals surface area contributed by atoms with Crippen molar-refractivity contribution in [2.45, 2.75) is 246 Å². The van der Waals surface area contributed by atoms with Crippen molar-refractivity contribution in [2.24, 2.45) is 101 Å². The third-order valence-corrected chi connectivity index (χ3v) is 30.6. The Bertz CT molecular complexity index is 4230. The Kier molecular flexibility index (Phi) is 16.0. The van der Waals surface area contributed by atoms with Gasteiger partial charge in [-0.15, -0.1) is 0 Å². The molecule has 2 aromatic heterocycles. The fraction of sp³-hybridized carbons (Fsp3) is 0.609. The first kappa shape index (κ1) is 64.3. The zero-order valence-corrected chi connectivity index (χ0v) is 61.9. The molecule has 2 nitrogen and oxygen atoms in total. The lowest BCUT2D eigenvalue weighted by molar-refractivity contribution is -0.161. The van der Waals surface area contributed by atoms with E-state index in [2.05, 4.69) is 215 Å². The predicted molar refractivity (Wildman–Crippen MR) is 386 cm³/mol. The van der Waals surface area contributed by atoms with Gasteiger partial charge in [-0.25, -0.2) is 0 Å². The van der Waals surface area contributed by atoms with Crippen molar-refractivity contribution in [2.75, 3.05) is 0 Å². The molecule has 0 amide bonds. The van der Waals surface area contributed by atoms with Crippen LogP contribution >= 0.6 is 0 Å². The van der Waals surface area contributed by atoms with Crippen LogP contribution in [0.25, 0.3) is 65.8 Å². The molecular weight excluding hydrogens is 1080 g/mol. The van der Waals surface area contributed by atoms with E-state index < -0.39 is 0 Å². The van der Waals surface area contributed by atoms with Crippen molar-refractivity contribution in [1.82, 2.24) is 0 Å². The standard InChI is InChI=1S/C87H118O2/c1-35-37(3)46(12)70(47(13)38(35)4)74-57(23)56(22)73-62(28)69(54(20)55(21)75(73)63(74)29)66-32-67(77-52(18)45(11)61(27)85-82(77)80-53(19)43(9)44(10)60(26)84(80)88-85)34-68(33-66)78-58(24)59(25)79(71-48(14)39(5)36(2)40(6)49(71)15)87-83(78)81-64(30)72-50(16)41(7)42(8)51(17)76(72)65(31)86(81)89-87/h35,37-38,46-47,54-57,62-63,66-70,73-75H,32-34H2,1-31H3. The van der Waals surface area contributed by atoms with E-state index in [1.54, 1.807) is 11.1 Å². The molecule has 17 atom stereocenters. The van der Waals surface area contributed by atoms with Crippen LogP contribution in [0.2, 0.25) is 0 Å². The van der Waals surface area contributed by atoms with E-state index in [0.29, 0.717) is 65.1 Å². The van der Waals surface area contributed by atoms with Crippen molar-refractivity contribution in [3.63, 3.8) is 0 Å². The molecule has 4 aliphatic carbocycles. The molecule has 4 fully saturated rings. The molecule has 0 aliphatic heterocycles. The Hall–Kier alpha value is -4.82. The van der Waals surface area contributed by atoms with Gasteiger partial charge in [0.15, 0.2) is 0 Å². The van der Waals surface area contributed by atoms with E-state index in [0.717, 1.165) is 76.1 Å². The van der Waals surface area contributed by atoms with Gasteiger partial charge in [-0.3, -0.25) is 0 Å². The Morgan fingerprint density at radius 3 is 0.966 bits per heavy atom. The smallest absolute Gasteiger partial charge is 0.143 e. The summed E-state index contributed by atoms with van der Waals surface area (Å²) in [6.07, 6.45) is 3.52. The number of furan rings is 2. The molecule has 0 saturated heterocycles. The van der Waals surface area contributed by atoms with Gasteiger partial charge in [0.25, 0.3) is 0 Å². The topological polar surface area (TPSA) is 26.3 Å². The monoisotopic (exact) mass is 1190 g/mol. The molecule has 0 bridgehead atoms. The summed E-state index contributed by atoms with van der Waals surface area (Å²) in [5.74, 6) is 12.6. The molecule has 8 aromatic rings. The highest BCUT2D eigenvalue weighted by molar-refractivity contribution is 6.20. The summed E-state index contributed by atoms with van der Waals surface area (Å²) < 4.78 is 15.3. The van der Waals surface area contributed by atoms with Crippen LogP contribution in [0.1, 0.15) is 230 Å². The summed E-state index contributed by atoms with van der Waals surface area (Å²) in [4.78, 5) is 0. The van der Waals surface area contributed by atoms with Crippen LogP contribution in [-0.4, -0.2) is 0 Å².